The van der Waals surface area contributed by atoms with E-state index in [-0.39, 0.29) is 50.2 Å². The van der Waals surface area contributed by atoms with Crippen LogP contribution in [0.3, 0.4) is 0 Å². The molecule has 2 aromatic rings. The van der Waals surface area contributed by atoms with Crippen molar-refractivity contribution < 1.29 is 42.3 Å². The Kier molecular flexibility index (Phi) is 6.56. The summed E-state index contributed by atoms with van der Waals surface area (Å²) in [6, 6.07) is 16.8. The number of rotatable bonds is 4. The Balaban J connectivity index is 0.00000210. The van der Waals surface area contributed by atoms with Crippen molar-refractivity contribution in [3.05, 3.63) is 75.7 Å². The number of hydrogen-bond donors (Lipinski definition) is 0. The molecule has 2 aromatic carbocycles. The summed E-state index contributed by atoms with van der Waals surface area (Å²) in [7, 11) is 0. The smallest absolute Gasteiger partial charge is 0.173 e. The van der Waals surface area contributed by atoms with E-state index < -0.39 is 0 Å². The average molecular weight is 450 g/mol. The van der Waals surface area contributed by atoms with Gasteiger partial charge in [-0.1, -0.05) is 49.4 Å². The van der Waals surface area contributed by atoms with Crippen molar-refractivity contribution in [3.8, 4) is 0 Å². The summed E-state index contributed by atoms with van der Waals surface area (Å²) in [5.74, 6) is 0.293. The van der Waals surface area contributed by atoms with E-state index in [9.17, 15) is 9.59 Å². The summed E-state index contributed by atoms with van der Waals surface area (Å²) in [5, 5.41) is 0. The van der Waals surface area contributed by atoms with Gasteiger partial charge < -0.3 is 0 Å². The topological polar surface area (TPSA) is 34.1 Å². The molecular weight excluding hydrogens is 429 g/mol. The fraction of sp³-hybridized carbons (Fsp3) is 0.304. The van der Waals surface area contributed by atoms with Gasteiger partial charge in [0.1, 0.15) is 0 Å². The summed E-state index contributed by atoms with van der Waals surface area (Å²) >= 11 is 1.60. The predicted molar refractivity (Wildman–Crippen MR) is 104 cm³/mol. The largest absolute Gasteiger partial charge is 0.294 e. The van der Waals surface area contributed by atoms with Gasteiger partial charge >= 0.3 is 0 Å². The van der Waals surface area contributed by atoms with Crippen LogP contribution in [0.5, 0.6) is 0 Å². The van der Waals surface area contributed by atoms with Crippen LogP contribution in [-0.2, 0) is 37.5 Å². The molecular formula is C23H21O2SY-. The first-order valence-electron chi connectivity index (χ1n) is 9.10. The predicted octanol–water partition coefficient (Wildman–Crippen LogP) is 5.33. The summed E-state index contributed by atoms with van der Waals surface area (Å²) < 4.78 is 0. The number of aryl methyl sites for hydroxylation is 1. The molecule has 4 heteroatoms. The molecule has 1 fully saturated rings. The van der Waals surface area contributed by atoms with Crippen LogP contribution in [0.15, 0.2) is 57.8 Å². The Hall–Kier alpha value is -1.03. The third-order valence-electron chi connectivity index (χ3n) is 5.63. The Labute approximate surface area is 190 Å². The second-order valence-corrected chi connectivity index (χ2v) is 8.31. The van der Waals surface area contributed by atoms with Crippen LogP contribution in [0.1, 0.15) is 40.7 Å². The van der Waals surface area contributed by atoms with Crippen molar-refractivity contribution in [1.29, 1.82) is 0 Å². The Bertz CT molecular complexity index is 917. The van der Waals surface area contributed by atoms with E-state index in [0.29, 0.717) is 17.1 Å². The summed E-state index contributed by atoms with van der Waals surface area (Å²) in [5.41, 5.74) is 2.95. The van der Waals surface area contributed by atoms with Gasteiger partial charge in [0.2, 0.25) is 0 Å². The Morgan fingerprint density at radius 2 is 1.78 bits per heavy atom. The van der Waals surface area contributed by atoms with Crippen LogP contribution in [0.25, 0.3) is 0 Å². The fourth-order valence-corrected chi connectivity index (χ4v) is 5.25. The van der Waals surface area contributed by atoms with Crippen LogP contribution >= 0.6 is 11.8 Å². The average Bonchev–Trinajstić information content (AvgIpc) is 3.09. The molecule has 4 rings (SSSR count). The molecule has 1 radical (unpaired) electrons. The molecule has 2 bridgehead atoms. The van der Waals surface area contributed by atoms with E-state index in [2.05, 4.69) is 6.07 Å². The van der Waals surface area contributed by atoms with Crippen LogP contribution in [-0.4, -0.2) is 11.6 Å². The number of carbonyl (C=O) groups is 2. The fourth-order valence-electron chi connectivity index (χ4n) is 4.03. The normalized spacial score (nSPS) is 21.2. The second kappa shape index (κ2) is 8.55. The molecule has 0 heterocycles. The molecule has 2 atom stereocenters. The molecule has 2 aliphatic carbocycles. The second-order valence-electron chi connectivity index (χ2n) is 7.20. The first kappa shape index (κ1) is 20.7. The van der Waals surface area contributed by atoms with Crippen molar-refractivity contribution in [3.63, 3.8) is 0 Å². The Morgan fingerprint density at radius 3 is 2.52 bits per heavy atom. The Morgan fingerprint density at radius 1 is 1.07 bits per heavy atom. The van der Waals surface area contributed by atoms with Gasteiger partial charge in [-0.05, 0) is 37.3 Å². The molecule has 0 saturated heterocycles. The van der Waals surface area contributed by atoms with E-state index in [4.69, 9.17) is 0 Å². The molecule has 0 aromatic heterocycles. The maximum atomic E-state index is 13.4. The van der Waals surface area contributed by atoms with Crippen molar-refractivity contribution in [1.82, 2.24) is 0 Å². The zero-order chi connectivity index (χ0) is 18.3. The summed E-state index contributed by atoms with van der Waals surface area (Å²) in [4.78, 5) is 28.6. The van der Waals surface area contributed by atoms with Gasteiger partial charge in [0.05, 0.1) is 5.57 Å². The number of hydrogen-bond acceptors (Lipinski definition) is 3. The molecule has 2 unspecified atom stereocenters. The number of fused-ring (bicyclic) bond motifs is 2. The van der Waals surface area contributed by atoms with Gasteiger partial charge in [-0.15, -0.1) is 5.56 Å². The molecule has 2 aliphatic rings. The standard InChI is InChI=1S/C23H21O2S.Y/c1-14-7-6-10-19(15(14)2)22(25)20-21(24)16-11-12-17(13-16)23(20)26-18-8-4-3-5-9-18;/h3-6,8-10,16-17H,11-13H2,1-2H3;/q-1;. The maximum absolute atomic E-state index is 13.4. The minimum Gasteiger partial charge on any atom is -0.294 e. The number of benzene rings is 2. The molecule has 0 aliphatic heterocycles. The first-order valence-corrected chi connectivity index (χ1v) is 9.91. The minimum absolute atomic E-state index is 0. The van der Waals surface area contributed by atoms with E-state index in [1.165, 1.54) is 0 Å². The van der Waals surface area contributed by atoms with Crippen LogP contribution < -0.4 is 0 Å². The van der Waals surface area contributed by atoms with E-state index in [1.54, 1.807) is 23.9 Å². The third kappa shape index (κ3) is 3.92. The van der Waals surface area contributed by atoms with Gasteiger partial charge in [0.15, 0.2) is 11.6 Å². The van der Waals surface area contributed by atoms with E-state index in [0.717, 1.165) is 40.2 Å². The molecule has 0 amide bonds. The molecule has 27 heavy (non-hydrogen) atoms. The summed E-state index contributed by atoms with van der Waals surface area (Å²) in [6.07, 6.45) is 2.80. The van der Waals surface area contributed by atoms with Gasteiger partial charge in [-0.2, -0.15) is 23.8 Å². The number of ketones is 2. The van der Waals surface area contributed by atoms with Gasteiger partial charge in [-0.25, -0.2) is 0 Å². The number of allylic oxidation sites excluding steroid dienone is 2. The number of thioether (sulfide) groups is 1. The van der Waals surface area contributed by atoms with Crippen LogP contribution in [0.4, 0.5) is 0 Å². The maximum Gasteiger partial charge on any atom is 0.173 e. The van der Waals surface area contributed by atoms with Crippen molar-refractivity contribution >= 4 is 23.3 Å². The zero-order valence-electron chi connectivity index (χ0n) is 15.6. The van der Waals surface area contributed by atoms with Crippen LogP contribution in [0.2, 0.25) is 0 Å². The van der Waals surface area contributed by atoms with Gasteiger partial charge in [0, 0.05) is 48.4 Å². The van der Waals surface area contributed by atoms with E-state index >= 15 is 0 Å². The minimum atomic E-state index is -0.111. The molecule has 0 N–H and O–H groups in total. The number of Topliss-reactive ketones (excluding diaryl/α,β-unsaturated/α-hetero) is 2. The molecule has 0 spiro atoms. The monoisotopic (exact) mass is 450 g/mol. The van der Waals surface area contributed by atoms with Crippen molar-refractivity contribution in [2.45, 2.75) is 38.0 Å². The summed E-state index contributed by atoms with van der Waals surface area (Å²) in [6.45, 7) is 3.89. The quantitative estimate of drug-likeness (QED) is 0.359. The van der Waals surface area contributed by atoms with Crippen molar-refractivity contribution in [2.24, 2.45) is 11.8 Å². The van der Waals surface area contributed by atoms with Gasteiger partial charge in [-0.3, -0.25) is 9.59 Å². The molecule has 2 nitrogen and oxygen atoms in total. The third-order valence-corrected chi connectivity index (χ3v) is 6.89. The molecule has 135 valence electrons. The van der Waals surface area contributed by atoms with Gasteiger partial charge in [0.25, 0.3) is 0 Å². The van der Waals surface area contributed by atoms with Crippen molar-refractivity contribution in [2.75, 3.05) is 0 Å². The zero-order valence-corrected chi connectivity index (χ0v) is 19.3. The van der Waals surface area contributed by atoms with Crippen LogP contribution in [0, 0.1) is 31.7 Å². The number of carbonyl (C=O) groups excluding carboxylic acids is 2. The SMILES string of the molecule is Cc1[c-]ccc(C(=O)C2=C(Sc3ccccc3)C3CCC(C3)C2=O)c1C.[Y]. The first-order chi connectivity index (χ1) is 12.6. The molecule has 1 saturated carbocycles. The van der Waals surface area contributed by atoms with E-state index in [1.807, 2.05) is 44.2 Å².